The summed E-state index contributed by atoms with van der Waals surface area (Å²) in [4.78, 5) is 24.6. The lowest BCUT2D eigenvalue weighted by atomic mass is 10.2. The van der Waals surface area contributed by atoms with Crippen LogP contribution in [0.3, 0.4) is 0 Å². The largest absolute Gasteiger partial charge is 0.307 e. The Hall–Kier alpha value is -2.16. The van der Waals surface area contributed by atoms with Crippen LogP contribution in [0.1, 0.15) is 5.56 Å². The average molecular weight is 374 g/mol. The number of benzene rings is 2. The maximum atomic E-state index is 11.7. The van der Waals surface area contributed by atoms with E-state index in [2.05, 4.69) is 5.32 Å². The minimum Gasteiger partial charge on any atom is -0.307 e. The van der Waals surface area contributed by atoms with Gasteiger partial charge in [-0.2, -0.15) is 0 Å². The molecule has 24 heavy (non-hydrogen) atoms. The molecule has 1 fully saturated rings. The number of carbonyl (C=O) groups is 1. The zero-order valence-corrected chi connectivity index (χ0v) is 14.5. The summed E-state index contributed by atoms with van der Waals surface area (Å²) in [6.07, 6.45) is 1.60. The summed E-state index contributed by atoms with van der Waals surface area (Å²) >= 11 is 7.40. The molecule has 3 rings (SSSR count). The average Bonchev–Trinajstić information content (AvgIpc) is 2.87. The third-order valence-electron chi connectivity index (χ3n) is 3.09. The van der Waals surface area contributed by atoms with Crippen LogP contribution in [0.5, 0.6) is 0 Å². The maximum absolute atomic E-state index is 11.7. The number of nitro benzene ring substituents is 1. The molecule has 0 atom stereocenters. The third-order valence-corrected chi connectivity index (χ3v) is 5.33. The Labute approximate surface area is 151 Å². The Balaban J connectivity index is 1.93. The summed E-state index contributed by atoms with van der Waals surface area (Å²) < 4.78 is 0.386. The smallest absolute Gasteiger partial charge is 0.283 e. The SMILES string of the molecule is O=C1NC(=S)S/C1=C\c1ccc(Sc2ccccc2)c([N+](=O)[O-])c1. The fraction of sp³-hybridized carbons (Fsp3) is 0. The van der Waals surface area contributed by atoms with Gasteiger partial charge in [0, 0.05) is 11.0 Å². The number of nitro groups is 1. The van der Waals surface area contributed by atoms with Crippen LogP contribution in [0.15, 0.2) is 63.2 Å². The molecule has 1 N–H and O–H groups in total. The van der Waals surface area contributed by atoms with Crippen LogP contribution in [0, 0.1) is 10.1 Å². The van der Waals surface area contributed by atoms with Crippen molar-refractivity contribution in [2.75, 3.05) is 0 Å². The first-order valence-electron chi connectivity index (χ1n) is 6.79. The molecule has 0 aromatic heterocycles. The number of carbonyl (C=O) groups excluding carboxylic acids is 1. The lowest BCUT2D eigenvalue weighted by Gasteiger charge is -2.04. The molecule has 1 aliphatic heterocycles. The molecular formula is C16H10N2O3S3. The molecule has 120 valence electrons. The van der Waals surface area contributed by atoms with Gasteiger partial charge in [-0.25, -0.2) is 0 Å². The Morgan fingerprint density at radius 2 is 1.96 bits per heavy atom. The van der Waals surface area contributed by atoms with Crippen LogP contribution in [0.2, 0.25) is 0 Å². The van der Waals surface area contributed by atoms with E-state index in [4.69, 9.17) is 12.2 Å². The Bertz CT molecular complexity index is 866. The fourth-order valence-corrected chi connectivity index (χ4v) is 4.01. The van der Waals surface area contributed by atoms with Gasteiger partial charge in [0.05, 0.1) is 14.7 Å². The molecule has 0 saturated carbocycles. The monoisotopic (exact) mass is 374 g/mol. The molecule has 0 bridgehead atoms. The highest BCUT2D eigenvalue weighted by molar-refractivity contribution is 8.26. The van der Waals surface area contributed by atoms with Crippen LogP contribution in [0.4, 0.5) is 5.69 Å². The van der Waals surface area contributed by atoms with Crippen molar-refractivity contribution in [3.63, 3.8) is 0 Å². The molecule has 1 saturated heterocycles. The molecule has 0 aliphatic carbocycles. The van der Waals surface area contributed by atoms with E-state index in [1.165, 1.54) is 17.8 Å². The van der Waals surface area contributed by atoms with Crippen LogP contribution in [-0.2, 0) is 4.79 Å². The number of amides is 1. The first kappa shape index (κ1) is 16.7. The molecule has 2 aromatic carbocycles. The van der Waals surface area contributed by atoms with E-state index < -0.39 is 4.92 Å². The molecule has 5 nitrogen and oxygen atoms in total. The molecule has 0 spiro atoms. The van der Waals surface area contributed by atoms with Gasteiger partial charge in [-0.05, 0) is 29.8 Å². The van der Waals surface area contributed by atoms with Gasteiger partial charge in [-0.15, -0.1) is 0 Å². The second kappa shape index (κ2) is 7.16. The predicted octanol–water partition coefficient (Wildman–Crippen LogP) is 4.23. The highest BCUT2D eigenvalue weighted by atomic mass is 32.2. The Morgan fingerprint density at radius 1 is 1.21 bits per heavy atom. The normalized spacial score (nSPS) is 15.6. The lowest BCUT2D eigenvalue weighted by Crippen LogP contribution is -2.17. The van der Waals surface area contributed by atoms with Gasteiger partial charge in [-0.3, -0.25) is 14.9 Å². The first-order valence-corrected chi connectivity index (χ1v) is 8.83. The van der Waals surface area contributed by atoms with Crippen molar-refractivity contribution in [2.24, 2.45) is 0 Å². The van der Waals surface area contributed by atoms with Crippen molar-refractivity contribution in [3.05, 3.63) is 69.1 Å². The topological polar surface area (TPSA) is 72.2 Å². The molecule has 8 heteroatoms. The van der Waals surface area contributed by atoms with E-state index >= 15 is 0 Å². The summed E-state index contributed by atoms with van der Waals surface area (Å²) in [5, 5.41) is 13.9. The summed E-state index contributed by atoms with van der Waals surface area (Å²) in [6, 6.07) is 14.3. The summed E-state index contributed by atoms with van der Waals surface area (Å²) in [5.41, 5.74) is 0.589. The first-order chi connectivity index (χ1) is 11.5. The van der Waals surface area contributed by atoms with E-state index in [-0.39, 0.29) is 11.6 Å². The van der Waals surface area contributed by atoms with Crippen molar-refractivity contribution in [2.45, 2.75) is 9.79 Å². The van der Waals surface area contributed by atoms with E-state index in [1.54, 1.807) is 18.2 Å². The van der Waals surface area contributed by atoms with E-state index in [9.17, 15) is 14.9 Å². The van der Waals surface area contributed by atoms with Gasteiger partial charge in [-0.1, -0.05) is 60.0 Å². The second-order valence-electron chi connectivity index (χ2n) is 4.75. The molecule has 1 aliphatic rings. The summed E-state index contributed by atoms with van der Waals surface area (Å²) in [7, 11) is 0. The number of hydrogen-bond acceptors (Lipinski definition) is 6. The van der Waals surface area contributed by atoms with Crippen LogP contribution in [0.25, 0.3) is 6.08 Å². The minimum absolute atomic E-state index is 0.00387. The van der Waals surface area contributed by atoms with Gasteiger partial charge in [0.25, 0.3) is 11.6 Å². The van der Waals surface area contributed by atoms with E-state index in [1.807, 2.05) is 30.3 Å². The molecule has 0 radical (unpaired) electrons. The summed E-state index contributed by atoms with van der Waals surface area (Å²) in [6.45, 7) is 0. The van der Waals surface area contributed by atoms with Crippen LogP contribution < -0.4 is 5.32 Å². The highest BCUT2D eigenvalue weighted by Crippen LogP contribution is 2.36. The van der Waals surface area contributed by atoms with Crippen LogP contribution in [-0.4, -0.2) is 15.2 Å². The number of nitrogens with one attached hydrogen (secondary N) is 1. The number of thioether (sulfide) groups is 1. The third kappa shape index (κ3) is 3.84. The van der Waals surface area contributed by atoms with Crippen molar-refractivity contribution >= 4 is 57.7 Å². The van der Waals surface area contributed by atoms with Gasteiger partial charge < -0.3 is 5.32 Å². The zero-order chi connectivity index (χ0) is 17.1. The van der Waals surface area contributed by atoms with Crippen molar-refractivity contribution < 1.29 is 9.72 Å². The van der Waals surface area contributed by atoms with Gasteiger partial charge in [0.1, 0.15) is 4.32 Å². The van der Waals surface area contributed by atoms with Crippen molar-refractivity contribution in [1.82, 2.24) is 5.32 Å². The second-order valence-corrected chi connectivity index (χ2v) is 7.59. The van der Waals surface area contributed by atoms with Crippen molar-refractivity contribution in [1.29, 1.82) is 0 Å². The molecule has 1 heterocycles. The van der Waals surface area contributed by atoms with Gasteiger partial charge in [0.2, 0.25) is 0 Å². The molecular weight excluding hydrogens is 364 g/mol. The zero-order valence-electron chi connectivity index (χ0n) is 12.1. The number of thiocarbonyl (C=S) groups is 1. The van der Waals surface area contributed by atoms with E-state index in [0.717, 1.165) is 16.7 Å². The molecule has 1 amide bonds. The highest BCUT2D eigenvalue weighted by Gasteiger charge is 2.23. The predicted molar refractivity (Wildman–Crippen MR) is 100.0 cm³/mol. The number of hydrogen-bond donors (Lipinski definition) is 1. The minimum atomic E-state index is -0.417. The summed E-state index contributed by atoms with van der Waals surface area (Å²) in [5.74, 6) is -0.282. The van der Waals surface area contributed by atoms with Gasteiger partial charge in [0.15, 0.2) is 0 Å². The standard InChI is InChI=1S/C16H10N2O3S3/c19-15-14(24-16(22)17-15)9-10-6-7-13(12(8-10)18(20)21)23-11-4-2-1-3-5-11/h1-9H,(H,17,19,22)/b14-9-. The molecule has 2 aromatic rings. The Morgan fingerprint density at radius 3 is 2.58 bits per heavy atom. The Kier molecular flexibility index (Phi) is 4.98. The fourth-order valence-electron chi connectivity index (χ4n) is 2.04. The van der Waals surface area contributed by atoms with Crippen LogP contribution >= 0.6 is 35.7 Å². The van der Waals surface area contributed by atoms with Gasteiger partial charge >= 0.3 is 0 Å². The van der Waals surface area contributed by atoms with Crippen molar-refractivity contribution in [3.8, 4) is 0 Å². The number of rotatable bonds is 4. The number of nitrogens with zero attached hydrogens (tertiary/aromatic N) is 1. The van der Waals surface area contributed by atoms with E-state index in [0.29, 0.717) is 19.7 Å². The maximum Gasteiger partial charge on any atom is 0.283 e. The quantitative estimate of drug-likeness (QED) is 0.374. The molecule has 0 unspecified atom stereocenters. The lowest BCUT2D eigenvalue weighted by molar-refractivity contribution is -0.387.